The highest BCUT2D eigenvalue weighted by molar-refractivity contribution is 5.91. The zero-order chi connectivity index (χ0) is 23.0. The van der Waals surface area contributed by atoms with Gasteiger partial charge in [0.25, 0.3) is 0 Å². The number of para-hydroxylation sites is 1. The van der Waals surface area contributed by atoms with Crippen molar-refractivity contribution in [1.29, 1.82) is 0 Å². The van der Waals surface area contributed by atoms with E-state index in [0.29, 0.717) is 31.2 Å². The fourth-order valence-corrected chi connectivity index (χ4v) is 3.73. The Balaban J connectivity index is 1.11. The third-order valence-corrected chi connectivity index (χ3v) is 5.49. The van der Waals surface area contributed by atoms with E-state index in [9.17, 15) is 9.59 Å². The molecule has 2 amide bonds. The Morgan fingerprint density at radius 3 is 2.39 bits per heavy atom. The molecule has 1 fully saturated rings. The molecule has 0 saturated carbocycles. The molecule has 0 atom stereocenters. The van der Waals surface area contributed by atoms with Gasteiger partial charge in [-0.05, 0) is 31.0 Å². The van der Waals surface area contributed by atoms with Crippen molar-refractivity contribution < 1.29 is 14.1 Å². The summed E-state index contributed by atoms with van der Waals surface area (Å²) in [6.45, 7) is 5.96. The highest BCUT2D eigenvalue weighted by Crippen LogP contribution is 2.09. The van der Waals surface area contributed by atoms with E-state index in [-0.39, 0.29) is 11.8 Å². The summed E-state index contributed by atoms with van der Waals surface area (Å²) < 4.78 is 6.79. The number of aryl methyl sites for hydroxylation is 1. The van der Waals surface area contributed by atoms with Crippen molar-refractivity contribution >= 4 is 17.6 Å². The SMILES string of the molecule is Cc1cc(NC(=O)CN2CCN(CC(=O)NCCc3cnn(-c4ccccc4)c3)CC2)no1. The molecule has 0 spiro atoms. The molecule has 3 aromatic rings. The van der Waals surface area contributed by atoms with Gasteiger partial charge in [-0.3, -0.25) is 19.4 Å². The molecule has 0 unspecified atom stereocenters. The Labute approximate surface area is 192 Å². The van der Waals surface area contributed by atoms with Gasteiger partial charge in [-0.1, -0.05) is 23.4 Å². The number of nitrogens with zero attached hydrogens (tertiary/aromatic N) is 5. The largest absolute Gasteiger partial charge is 0.360 e. The number of carbonyl (C=O) groups excluding carboxylic acids is 2. The summed E-state index contributed by atoms with van der Waals surface area (Å²) in [6.07, 6.45) is 4.55. The summed E-state index contributed by atoms with van der Waals surface area (Å²) >= 11 is 0. The van der Waals surface area contributed by atoms with Gasteiger partial charge in [-0.15, -0.1) is 0 Å². The van der Waals surface area contributed by atoms with Crippen LogP contribution in [0.5, 0.6) is 0 Å². The van der Waals surface area contributed by atoms with Crippen LogP contribution in [0, 0.1) is 6.92 Å². The van der Waals surface area contributed by atoms with Crippen LogP contribution in [0.25, 0.3) is 5.69 Å². The van der Waals surface area contributed by atoms with Crippen LogP contribution >= 0.6 is 0 Å². The number of rotatable bonds is 9. The van der Waals surface area contributed by atoms with Crippen molar-refractivity contribution in [2.75, 3.05) is 51.1 Å². The molecule has 1 aliphatic heterocycles. The van der Waals surface area contributed by atoms with E-state index in [1.165, 1.54) is 0 Å². The highest BCUT2D eigenvalue weighted by Gasteiger charge is 2.21. The van der Waals surface area contributed by atoms with Gasteiger partial charge in [0.2, 0.25) is 11.8 Å². The molecule has 4 rings (SSSR count). The third kappa shape index (κ3) is 6.74. The summed E-state index contributed by atoms with van der Waals surface area (Å²) in [6, 6.07) is 11.6. The van der Waals surface area contributed by atoms with Gasteiger partial charge < -0.3 is 15.2 Å². The molecule has 33 heavy (non-hydrogen) atoms. The zero-order valence-electron chi connectivity index (χ0n) is 18.7. The van der Waals surface area contributed by atoms with E-state index in [0.717, 1.165) is 43.9 Å². The van der Waals surface area contributed by atoms with E-state index in [1.807, 2.05) is 47.4 Å². The standard InChI is InChI=1S/C23H29N7O3/c1-18-13-21(27-33-18)26-23(32)17-29-11-9-28(10-12-29)16-22(31)24-8-7-19-14-25-30(15-19)20-5-3-2-4-6-20/h2-6,13-15H,7-12,16-17H2,1H3,(H,24,31)(H,26,27,32). The second-order valence-electron chi connectivity index (χ2n) is 8.15. The lowest BCUT2D eigenvalue weighted by Crippen LogP contribution is -2.51. The molecule has 174 valence electrons. The second kappa shape index (κ2) is 10.9. The zero-order valence-corrected chi connectivity index (χ0v) is 18.7. The van der Waals surface area contributed by atoms with E-state index in [1.54, 1.807) is 13.0 Å². The molecule has 1 aliphatic rings. The molecule has 0 radical (unpaired) electrons. The molecule has 3 heterocycles. The first-order valence-corrected chi connectivity index (χ1v) is 11.1. The third-order valence-electron chi connectivity index (χ3n) is 5.49. The van der Waals surface area contributed by atoms with E-state index < -0.39 is 0 Å². The minimum Gasteiger partial charge on any atom is -0.360 e. The normalized spacial score (nSPS) is 14.8. The van der Waals surface area contributed by atoms with Crippen LogP contribution in [0.15, 0.2) is 53.3 Å². The van der Waals surface area contributed by atoms with Crippen LogP contribution < -0.4 is 10.6 Å². The Bertz CT molecular complexity index is 1050. The van der Waals surface area contributed by atoms with Crippen molar-refractivity contribution in [2.45, 2.75) is 13.3 Å². The van der Waals surface area contributed by atoms with Crippen LogP contribution in [-0.2, 0) is 16.0 Å². The summed E-state index contributed by atoms with van der Waals surface area (Å²) in [7, 11) is 0. The first kappa shape index (κ1) is 22.7. The number of aromatic nitrogens is 3. The van der Waals surface area contributed by atoms with Crippen LogP contribution in [0.3, 0.4) is 0 Å². The van der Waals surface area contributed by atoms with Crippen molar-refractivity contribution in [3.8, 4) is 5.69 Å². The summed E-state index contributed by atoms with van der Waals surface area (Å²) in [4.78, 5) is 28.7. The predicted octanol–water partition coefficient (Wildman–Crippen LogP) is 1.08. The van der Waals surface area contributed by atoms with Gasteiger partial charge in [0.05, 0.1) is 25.0 Å². The molecule has 2 N–H and O–H groups in total. The average Bonchev–Trinajstić information content (AvgIpc) is 3.44. The molecule has 0 bridgehead atoms. The fourth-order valence-electron chi connectivity index (χ4n) is 3.73. The maximum Gasteiger partial charge on any atom is 0.239 e. The number of nitrogens with one attached hydrogen (secondary N) is 2. The smallest absolute Gasteiger partial charge is 0.239 e. The number of hydrogen-bond donors (Lipinski definition) is 2. The lowest BCUT2D eigenvalue weighted by atomic mass is 10.2. The summed E-state index contributed by atoms with van der Waals surface area (Å²) in [5.41, 5.74) is 2.09. The number of benzene rings is 1. The Kier molecular flexibility index (Phi) is 7.48. The van der Waals surface area contributed by atoms with Gasteiger partial charge in [0.1, 0.15) is 5.76 Å². The Morgan fingerprint density at radius 2 is 1.73 bits per heavy atom. The van der Waals surface area contributed by atoms with E-state index in [4.69, 9.17) is 4.52 Å². The van der Waals surface area contributed by atoms with Crippen LogP contribution in [-0.4, -0.2) is 82.4 Å². The topological polar surface area (TPSA) is 109 Å². The van der Waals surface area contributed by atoms with E-state index >= 15 is 0 Å². The van der Waals surface area contributed by atoms with Crippen LogP contribution in [0.2, 0.25) is 0 Å². The quantitative estimate of drug-likeness (QED) is 0.501. The molecule has 1 saturated heterocycles. The number of piperazine rings is 1. The van der Waals surface area contributed by atoms with Gasteiger partial charge in [-0.25, -0.2) is 4.68 Å². The highest BCUT2D eigenvalue weighted by atomic mass is 16.5. The van der Waals surface area contributed by atoms with Gasteiger partial charge in [0.15, 0.2) is 5.82 Å². The molecule has 10 heteroatoms. The van der Waals surface area contributed by atoms with Crippen LogP contribution in [0.1, 0.15) is 11.3 Å². The van der Waals surface area contributed by atoms with Gasteiger partial charge >= 0.3 is 0 Å². The van der Waals surface area contributed by atoms with Crippen LogP contribution in [0.4, 0.5) is 5.82 Å². The predicted molar refractivity (Wildman–Crippen MR) is 123 cm³/mol. The number of hydrogen-bond acceptors (Lipinski definition) is 7. The summed E-state index contributed by atoms with van der Waals surface area (Å²) in [5, 5.41) is 13.9. The van der Waals surface area contributed by atoms with Crippen molar-refractivity contribution in [3.05, 3.63) is 60.1 Å². The molecule has 2 aromatic heterocycles. The maximum absolute atomic E-state index is 12.3. The summed E-state index contributed by atoms with van der Waals surface area (Å²) in [5.74, 6) is 0.975. The lowest BCUT2D eigenvalue weighted by Gasteiger charge is -2.33. The first-order chi connectivity index (χ1) is 16.0. The van der Waals surface area contributed by atoms with E-state index in [2.05, 4.69) is 30.7 Å². The Hall–Kier alpha value is -3.50. The van der Waals surface area contributed by atoms with Gasteiger partial charge in [0, 0.05) is 45.0 Å². The average molecular weight is 452 g/mol. The Morgan fingerprint density at radius 1 is 1.03 bits per heavy atom. The number of carbonyl (C=O) groups is 2. The fraction of sp³-hybridized carbons (Fsp3) is 0.391. The monoisotopic (exact) mass is 451 g/mol. The molecular weight excluding hydrogens is 422 g/mol. The first-order valence-electron chi connectivity index (χ1n) is 11.1. The van der Waals surface area contributed by atoms with Gasteiger partial charge in [-0.2, -0.15) is 5.10 Å². The molecule has 1 aromatic carbocycles. The second-order valence-corrected chi connectivity index (χ2v) is 8.15. The number of anilines is 1. The lowest BCUT2D eigenvalue weighted by molar-refractivity contribution is -0.123. The maximum atomic E-state index is 12.3. The van der Waals surface area contributed by atoms with Crippen molar-refractivity contribution in [1.82, 2.24) is 30.1 Å². The minimum absolute atomic E-state index is 0.0121. The molecule has 10 nitrogen and oxygen atoms in total. The minimum atomic E-state index is -0.120. The molecule has 0 aliphatic carbocycles. The molecular formula is C23H29N7O3. The van der Waals surface area contributed by atoms with Crippen molar-refractivity contribution in [3.63, 3.8) is 0 Å². The number of amides is 2. The van der Waals surface area contributed by atoms with Crippen molar-refractivity contribution in [2.24, 2.45) is 0 Å².